The number of urea groups is 1. The molecule has 3 aromatic heterocycles. The van der Waals surface area contributed by atoms with Crippen LogP contribution in [0.3, 0.4) is 0 Å². The number of thiazole rings is 1. The second-order valence-electron chi connectivity index (χ2n) is 6.92. The highest BCUT2D eigenvalue weighted by atomic mass is 32.1. The normalized spacial score (nSPS) is 14.0. The maximum absolute atomic E-state index is 12.8. The Labute approximate surface area is 180 Å². The SMILES string of the molecule is Cc1nc(N2CCN(Cc3ccc(C(F)F)o3)C2=O)sc1C(=O)NCc1cccnc1. The molecule has 0 aliphatic carbocycles. The largest absolute Gasteiger partial charge is 0.458 e. The summed E-state index contributed by atoms with van der Waals surface area (Å²) in [4.78, 5) is 37.1. The van der Waals surface area contributed by atoms with Crippen molar-refractivity contribution in [1.29, 1.82) is 0 Å². The maximum Gasteiger partial charge on any atom is 0.326 e. The van der Waals surface area contributed by atoms with Crippen molar-refractivity contribution in [3.8, 4) is 0 Å². The number of aryl methyl sites for hydroxylation is 1. The lowest BCUT2D eigenvalue weighted by atomic mass is 10.3. The zero-order valence-electron chi connectivity index (χ0n) is 16.5. The Morgan fingerprint density at radius 3 is 2.87 bits per heavy atom. The van der Waals surface area contributed by atoms with Gasteiger partial charge in [-0.25, -0.2) is 18.6 Å². The summed E-state index contributed by atoms with van der Waals surface area (Å²) in [6.45, 7) is 2.91. The monoisotopic (exact) mass is 447 g/mol. The Morgan fingerprint density at radius 2 is 2.16 bits per heavy atom. The van der Waals surface area contributed by atoms with E-state index in [1.807, 2.05) is 6.07 Å². The molecule has 162 valence electrons. The average molecular weight is 447 g/mol. The second-order valence-corrected chi connectivity index (χ2v) is 7.89. The van der Waals surface area contributed by atoms with Crippen molar-refractivity contribution in [2.24, 2.45) is 0 Å². The molecule has 3 amide bonds. The van der Waals surface area contributed by atoms with Crippen molar-refractivity contribution in [1.82, 2.24) is 20.2 Å². The number of halogens is 2. The summed E-state index contributed by atoms with van der Waals surface area (Å²) in [7, 11) is 0. The smallest absolute Gasteiger partial charge is 0.326 e. The number of nitrogens with one attached hydrogen (secondary N) is 1. The minimum atomic E-state index is -2.69. The molecular formula is C20H19F2N5O3S. The molecule has 4 rings (SSSR count). The van der Waals surface area contributed by atoms with E-state index < -0.39 is 12.2 Å². The van der Waals surface area contributed by atoms with Crippen molar-refractivity contribution in [3.63, 3.8) is 0 Å². The van der Waals surface area contributed by atoms with Crippen molar-refractivity contribution >= 4 is 28.4 Å². The molecule has 0 saturated carbocycles. The fraction of sp³-hybridized carbons (Fsp3) is 0.300. The van der Waals surface area contributed by atoms with Gasteiger partial charge < -0.3 is 14.6 Å². The van der Waals surface area contributed by atoms with Crippen LogP contribution in [0.4, 0.5) is 18.7 Å². The lowest BCUT2D eigenvalue weighted by Gasteiger charge is -2.15. The Bertz CT molecular complexity index is 1090. The first-order valence-electron chi connectivity index (χ1n) is 9.50. The first-order chi connectivity index (χ1) is 14.9. The van der Waals surface area contributed by atoms with E-state index in [1.165, 1.54) is 21.9 Å². The van der Waals surface area contributed by atoms with Gasteiger partial charge in [-0.2, -0.15) is 0 Å². The summed E-state index contributed by atoms with van der Waals surface area (Å²) >= 11 is 1.14. The fourth-order valence-corrected chi connectivity index (χ4v) is 4.17. The van der Waals surface area contributed by atoms with Crippen molar-refractivity contribution in [3.05, 3.63) is 64.3 Å². The highest BCUT2D eigenvalue weighted by Crippen LogP contribution is 2.30. The van der Waals surface area contributed by atoms with Gasteiger partial charge in [-0.05, 0) is 30.7 Å². The highest BCUT2D eigenvalue weighted by Gasteiger charge is 2.33. The number of amides is 3. The minimum absolute atomic E-state index is 0.0882. The molecule has 1 fully saturated rings. The molecule has 11 heteroatoms. The third kappa shape index (κ3) is 4.55. The van der Waals surface area contributed by atoms with Crippen LogP contribution in [0.2, 0.25) is 0 Å². The van der Waals surface area contributed by atoms with Crippen LogP contribution in [0.25, 0.3) is 0 Å². The molecule has 0 aromatic carbocycles. The number of carbonyl (C=O) groups excluding carboxylic acids is 2. The predicted octanol–water partition coefficient (Wildman–Crippen LogP) is 3.75. The first kappa shape index (κ1) is 20.9. The number of rotatable bonds is 7. The summed E-state index contributed by atoms with van der Waals surface area (Å²) in [6.07, 6.45) is 0.636. The van der Waals surface area contributed by atoms with Crippen LogP contribution in [0.1, 0.15) is 38.9 Å². The molecule has 0 unspecified atom stereocenters. The van der Waals surface area contributed by atoms with Gasteiger partial charge in [0.15, 0.2) is 10.9 Å². The van der Waals surface area contributed by atoms with Crippen LogP contribution >= 0.6 is 11.3 Å². The molecule has 0 atom stereocenters. The fourth-order valence-electron chi connectivity index (χ4n) is 3.17. The number of carbonyl (C=O) groups is 2. The highest BCUT2D eigenvalue weighted by molar-refractivity contribution is 7.17. The predicted molar refractivity (Wildman–Crippen MR) is 109 cm³/mol. The van der Waals surface area contributed by atoms with Gasteiger partial charge in [0.1, 0.15) is 10.6 Å². The number of alkyl halides is 2. The van der Waals surface area contributed by atoms with Crippen LogP contribution in [0.5, 0.6) is 0 Å². The number of anilines is 1. The number of hydrogen-bond acceptors (Lipinski definition) is 6. The lowest BCUT2D eigenvalue weighted by Crippen LogP contribution is -2.31. The Kier molecular flexibility index (Phi) is 5.94. The van der Waals surface area contributed by atoms with Crippen LogP contribution < -0.4 is 10.2 Å². The number of hydrogen-bond donors (Lipinski definition) is 1. The molecule has 1 saturated heterocycles. The summed E-state index contributed by atoms with van der Waals surface area (Å²) < 4.78 is 30.5. The molecule has 3 aromatic rings. The van der Waals surface area contributed by atoms with Gasteiger partial charge >= 0.3 is 6.03 Å². The Hall–Kier alpha value is -3.34. The van der Waals surface area contributed by atoms with Gasteiger partial charge in [0.2, 0.25) is 0 Å². The molecule has 0 spiro atoms. The van der Waals surface area contributed by atoms with Crippen LogP contribution in [0.15, 0.2) is 41.1 Å². The summed E-state index contributed by atoms with van der Waals surface area (Å²) in [5.74, 6) is -0.406. The van der Waals surface area contributed by atoms with Crippen LogP contribution in [-0.4, -0.2) is 39.9 Å². The molecule has 0 bridgehead atoms. The number of pyridine rings is 1. The minimum Gasteiger partial charge on any atom is -0.458 e. The second kappa shape index (κ2) is 8.80. The number of aromatic nitrogens is 2. The average Bonchev–Trinajstić information content (AvgIpc) is 3.47. The first-order valence-corrected chi connectivity index (χ1v) is 10.3. The molecule has 0 radical (unpaired) electrons. The molecule has 1 aliphatic rings. The van der Waals surface area contributed by atoms with E-state index in [1.54, 1.807) is 25.4 Å². The standard InChI is InChI=1S/C20H19F2N5O3S/c1-12-16(18(28)24-10-13-3-2-6-23-9-13)31-19(25-12)27-8-7-26(20(27)29)11-14-4-5-15(30-14)17(21)22/h2-6,9,17H,7-8,10-11H2,1H3,(H,24,28). The maximum atomic E-state index is 12.8. The van der Waals surface area contributed by atoms with Crippen LogP contribution in [-0.2, 0) is 13.1 Å². The molecule has 1 N–H and O–H groups in total. The quantitative estimate of drug-likeness (QED) is 0.596. The van der Waals surface area contributed by atoms with Gasteiger partial charge in [-0.15, -0.1) is 0 Å². The number of nitrogens with zero attached hydrogens (tertiary/aromatic N) is 4. The van der Waals surface area contributed by atoms with Crippen molar-refractivity contribution < 1.29 is 22.8 Å². The van der Waals surface area contributed by atoms with E-state index in [0.717, 1.165) is 16.9 Å². The molecule has 1 aliphatic heterocycles. The van der Waals surface area contributed by atoms with Gasteiger partial charge in [-0.1, -0.05) is 17.4 Å². The van der Waals surface area contributed by atoms with E-state index in [-0.39, 0.29) is 24.2 Å². The molecule has 31 heavy (non-hydrogen) atoms. The Morgan fingerprint density at radius 1 is 1.32 bits per heavy atom. The zero-order valence-corrected chi connectivity index (χ0v) is 17.4. The van der Waals surface area contributed by atoms with E-state index >= 15 is 0 Å². The van der Waals surface area contributed by atoms with E-state index in [0.29, 0.717) is 35.3 Å². The van der Waals surface area contributed by atoms with Gasteiger partial charge in [0.05, 0.1) is 12.2 Å². The molecule has 4 heterocycles. The van der Waals surface area contributed by atoms with Gasteiger partial charge in [0, 0.05) is 32.0 Å². The van der Waals surface area contributed by atoms with Crippen molar-refractivity contribution in [2.45, 2.75) is 26.4 Å². The summed E-state index contributed by atoms with van der Waals surface area (Å²) in [5.41, 5.74) is 1.40. The van der Waals surface area contributed by atoms with Crippen molar-refractivity contribution in [2.75, 3.05) is 18.0 Å². The lowest BCUT2D eigenvalue weighted by molar-refractivity contribution is 0.0954. The number of furan rings is 1. The summed E-state index contributed by atoms with van der Waals surface area (Å²) in [6, 6.07) is 5.98. The third-order valence-electron chi connectivity index (χ3n) is 4.74. The summed E-state index contributed by atoms with van der Waals surface area (Å²) in [5, 5.41) is 3.25. The van der Waals surface area contributed by atoms with Gasteiger partial charge in [0.25, 0.3) is 12.3 Å². The van der Waals surface area contributed by atoms with E-state index in [9.17, 15) is 18.4 Å². The van der Waals surface area contributed by atoms with E-state index in [4.69, 9.17) is 4.42 Å². The molecular weight excluding hydrogens is 428 g/mol. The molecule has 8 nitrogen and oxygen atoms in total. The third-order valence-corrected chi connectivity index (χ3v) is 5.92. The topological polar surface area (TPSA) is 91.6 Å². The van der Waals surface area contributed by atoms with Gasteiger partial charge in [-0.3, -0.25) is 14.7 Å². The zero-order chi connectivity index (χ0) is 22.0. The Balaban J connectivity index is 1.40. The van der Waals surface area contributed by atoms with Crippen LogP contribution in [0, 0.1) is 6.92 Å². The van der Waals surface area contributed by atoms with E-state index in [2.05, 4.69) is 15.3 Å².